The van der Waals surface area contributed by atoms with Crippen LogP contribution in [-0.4, -0.2) is 6.29 Å². The fourth-order valence-electron chi connectivity index (χ4n) is 1.61. The number of rotatable bonds is 3. The second-order valence-corrected chi connectivity index (χ2v) is 5.34. The third-order valence-corrected chi connectivity index (χ3v) is 3.41. The van der Waals surface area contributed by atoms with Gasteiger partial charge in [0.15, 0.2) is 0 Å². The van der Waals surface area contributed by atoms with Crippen molar-refractivity contribution in [1.82, 2.24) is 0 Å². The number of hydrogen-bond donors (Lipinski definition) is 0. The number of ether oxygens (including phenoxy) is 1. The molecule has 0 heterocycles. The Bertz CT molecular complexity index is 686. The number of carbonyl (C=O) groups excluding carboxylic acids is 1. The van der Waals surface area contributed by atoms with Gasteiger partial charge < -0.3 is 4.74 Å². The van der Waals surface area contributed by atoms with Gasteiger partial charge in [0.05, 0.1) is 10.0 Å². The zero-order valence-electron chi connectivity index (χ0n) is 10.2. The zero-order chi connectivity index (χ0) is 15.6. The Morgan fingerprint density at radius 1 is 1.10 bits per heavy atom. The number of aldehydes is 1. The molecule has 0 amide bonds. The van der Waals surface area contributed by atoms with Crippen molar-refractivity contribution < 1.29 is 22.7 Å². The second-order valence-electron chi connectivity index (χ2n) is 4.05. The number of hydrogen-bond acceptors (Lipinski definition) is 2. The molecule has 0 N–H and O–H groups in total. The Kier molecular flexibility index (Phi) is 4.58. The topological polar surface area (TPSA) is 26.3 Å². The van der Waals surface area contributed by atoms with E-state index in [1.165, 1.54) is 24.3 Å². The van der Waals surface area contributed by atoms with E-state index in [2.05, 4.69) is 15.9 Å². The first-order valence-electron chi connectivity index (χ1n) is 5.60. The molecule has 0 fully saturated rings. The van der Waals surface area contributed by atoms with Gasteiger partial charge in [0.1, 0.15) is 17.8 Å². The lowest BCUT2D eigenvalue weighted by Crippen LogP contribution is -2.08. The van der Waals surface area contributed by atoms with E-state index in [1.54, 1.807) is 0 Å². The minimum absolute atomic E-state index is 0.0788. The van der Waals surface area contributed by atoms with Gasteiger partial charge in [0.25, 0.3) is 0 Å². The van der Waals surface area contributed by atoms with E-state index in [1.807, 2.05) is 0 Å². The molecular formula is C14H7BrClF3O2. The van der Waals surface area contributed by atoms with Crippen LogP contribution in [0.15, 0.2) is 40.9 Å². The van der Waals surface area contributed by atoms with Crippen LogP contribution in [-0.2, 0) is 6.18 Å². The van der Waals surface area contributed by atoms with Gasteiger partial charge in [-0.25, -0.2) is 0 Å². The summed E-state index contributed by atoms with van der Waals surface area (Å²) in [5.41, 5.74) is -1.10. The van der Waals surface area contributed by atoms with E-state index < -0.39 is 17.5 Å². The normalized spacial score (nSPS) is 11.3. The highest BCUT2D eigenvalue weighted by molar-refractivity contribution is 9.10. The molecule has 0 aliphatic carbocycles. The average Bonchev–Trinajstić information content (AvgIpc) is 2.41. The Morgan fingerprint density at radius 3 is 2.33 bits per heavy atom. The lowest BCUT2D eigenvalue weighted by Gasteiger charge is -2.15. The van der Waals surface area contributed by atoms with Gasteiger partial charge in [-0.1, -0.05) is 11.6 Å². The van der Waals surface area contributed by atoms with E-state index in [0.717, 1.165) is 12.1 Å². The first kappa shape index (κ1) is 15.9. The highest BCUT2D eigenvalue weighted by atomic mass is 79.9. The van der Waals surface area contributed by atoms with Gasteiger partial charge in [-0.15, -0.1) is 0 Å². The van der Waals surface area contributed by atoms with E-state index in [-0.39, 0.29) is 11.3 Å². The third-order valence-electron chi connectivity index (χ3n) is 2.56. The zero-order valence-corrected chi connectivity index (χ0v) is 12.6. The molecular weight excluding hydrogens is 373 g/mol. The lowest BCUT2D eigenvalue weighted by molar-refractivity contribution is -0.138. The summed E-state index contributed by atoms with van der Waals surface area (Å²) in [4.78, 5) is 10.6. The summed E-state index contributed by atoms with van der Waals surface area (Å²) in [6.45, 7) is 0. The molecule has 0 atom stereocenters. The minimum atomic E-state index is -4.63. The number of benzene rings is 2. The first-order chi connectivity index (χ1) is 9.81. The van der Waals surface area contributed by atoms with Gasteiger partial charge in [0, 0.05) is 10.6 Å². The maximum absolute atomic E-state index is 13.0. The molecule has 0 aromatic heterocycles. The Hall–Kier alpha value is -1.53. The molecule has 7 heteroatoms. The molecule has 0 saturated heterocycles. The number of carbonyl (C=O) groups is 1. The van der Waals surface area contributed by atoms with Crippen LogP contribution in [0.4, 0.5) is 13.2 Å². The highest BCUT2D eigenvalue weighted by Crippen LogP contribution is 2.40. The van der Waals surface area contributed by atoms with Crippen LogP contribution >= 0.6 is 27.5 Å². The molecule has 0 aliphatic heterocycles. The molecule has 2 aromatic carbocycles. The monoisotopic (exact) mass is 378 g/mol. The van der Waals surface area contributed by atoms with E-state index in [0.29, 0.717) is 15.8 Å². The Labute approximate surface area is 131 Å². The summed E-state index contributed by atoms with van der Waals surface area (Å²) < 4.78 is 44.7. The quantitative estimate of drug-likeness (QED) is 0.637. The predicted octanol–water partition coefficient (Wildman–Crippen LogP) is 5.73. The highest BCUT2D eigenvalue weighted by Gasteiger charge is 2.35. The summed E-state index contributed by atoms with van der Waals surface area (Å²) in [5, 5.41) is 0.418. The van der Waals surface area contributed by atoms with Crippen LogP contribution in [0.5, 0.6) is 11.5 Å². The average molecular weight is 380 g/mol. The maximum atomic E-state index is 13.0. The molecule has 2 aromatic rings. The molecule has 21 heavy (non-hydrogen) atoms. The van der Waals surface area contributed by atoms with E-state index in [9.17, 15) is 18.0 Å². The van der Waals surface area contributed by atoms with Crippen molar-refractivity contribution in [2.45, 2.75) is 6.18 Å². The van der Waals surface area contributed by atoms with Gasteiger partial charge in [-0.05, 0) is 52.3 Å². The van der Waals surface area contributed by atoms with E-state index >= 15 is 0 Å². The van der Waals surface area contributed by atoms with Crippen molar-refractivity contribution in [3.63, 3.8) is 0 Å². The largest absolute Gasteiger partial charge is 0.456 e. The molecule has 2 rings (SSSR count). The van der Waals surface area contributed by atoms with Crippen molar-refractivity contribution in [3.8, 4) is 11.5 Å². The molecule has 0 aliphatic rings. The summed E-state index contributed by atoms with van der Waals surface area (Å²) in [6.07, 6.45) is -4.29. The summed E-state index contributed by atoms with van der Waals surface area (Å²) >= 11 is 8.92. The molecule has 0 radical (unpaired) electrons. The van der Waals surface area contributed by atoms with Crippen LogP contribution in [0.2, 0.25) is 5.02 Å². The summed E-state index contributed by atoms with van der Waals surface area (Å²) in [5.74, 6) is -0.208. The fraction of sp³-hybridized carbons (Fsp3) is 0.0714. The molecule has 2 nitrogen and oxygen atoms in total. The van der Waals surface area contributed by atoms with Crippen LogP contribution in [0.3, 0.4) is 0 Å². The Balaban J connectivity index is 2.46. The van der Waals surface area contributed by atoms with Crippen molar-refractivity contribution >= 4 is 33.8 Å². The fourth-order valence-corrected chi connectivity index (χ4v) is 2.37. The number of alkyl halides is 3. The minimum Gasteiger partial charge on any atom is -0.456 e. The smallest absolute Gasteiger partial charge is 0.420 e. The molecule has 0 bridgehead atoms. The lowest BCUT2D eigenvalue weighted by atomic mass is 10.1. The second kappa shape index (κ2) is 6.07. The maximum Gasteiger partial charge on any atom is 0.420 e. The first-order valence-corrected chi connectivity index (χ1v) is 6.77. The Morgan fingerprint density at radius 2 is 1.76 bits per heavy atom. The molecule has 0 spiro atoms. The standard InChI is InChI=1S/C14H7BrClF3O2/c15-11-6-9(16)2-4-13(11)21-12-3-1-8(7-20)5-10(12)14(17,18)19/h1-7H. The van der Waals surface area contributed by atoms with Crippen molar-refractivity contribution in [1.29, 1.82) is 0 Å². The van der Waals surface area contributed by atoms with Crippen LogP contribution in [0.1, 0.15) is 15.9 Å². The van der Waals surface area contributed by atoms with Crippen LogP contribution in [0, 0.1) is 0 Å². The van der Waals surface area contributed by atoms with Gasteiger partial charge in [-0.3, -0.25) is 4.79 Å². The predicted molar refractivity (Wildman–Crippen MR) is 76.1 cm³/mol. The SMILES string of the molecule is O=Cc1ccc(Oc2ccc(Cl)cc2Br)c(C(F)(F)F)c1. The van der Waals surface area contributed by atoms with Crippen molar-refractivity contribution in [2.24, 2.45) is 0 Å². The molecule has 110 valence electrons. The number of halogens is 5. The van der Waals surface area contributed by atoms with Gasteiger partial charge >= 0.3 is 6.18 Å². The molecule has 0 saturated carbocycles. The van der Waals surface area contributed by atoms with E-state index in [4.69, 9.17) is 16.3 Å². The van der Waals surface area contributed by atoms with Crippen LogP contribution < -0.4 is 4.74 Å². The summed E-state index contributed by atoms with van der Waals surface area (Å²) in [6, 6.07) is 7.54. The molecule has 0 unspecified atom stereocenters. The third kappa shape index (κ3) is 3.77. The van der Waals surface area contributed by atoms with Gasteiger partial charge in [-0.2, -0.15) is 13.2 Å². The van der Waals surface area contributed by atoms with Crippen LogP contribution in [0.25, 0.3) is 0 Å². The summed E-state index contributed by atoms with van der Waals surface area (Å²) in [7, 11) is 0. The van der Waals surface area contributed by atoms with Crippen molar-refractivity contribution in [2.75, 3.05) is 0 Å². The van der Waals surface area contributed by atoms with Gasteiger partial charge in [0.2, 0.25) is 0 Å². The van der Waals surface area contributed by atoms with Crippen molar-refractivity contribution in [3.05, 3.63) is 57.0 Å².